The van der Waals surface area contributed by atoms with E-state index in [-0.39, 0.29) is 12.0 Å². The summed E-state index contributed by atoms with van der Waals surface area (Å²) < 4.78 is 37.3. The van der Waals surface area contributed by atoms with Gasteiger partial charge in [-0.1, -0.05) is 12.1 Å². The summed E-state index contributed by atoms with van der Waals surface area (Å²) in [5.74, 6) is 0.391. The van der Waals surface area contributed by atoms with E-state index in [1.54, 1.807) is 18.2 Å². The molecule has 1 heterocycles. The van der Waals surface area contributed by atoms with E-state index < -0.39 is 11.9 Å². The summed E-state index contributed by atoms with van der Waals surface area (Å²) in [4.78, 5) is 14.9. The molecule has 0 atom stereocenters. The van der Waals surface area contributed by atoms with Crippen LogP contribution in [0.25, 0.3) is 0 Å². The number of hydrogen-bond donors (Lipinski definition) is 2. The quantitative estimate of drug-likeness (QED) is 0.661. The van der Waals surface area contributed by atoms with Gasteiger partial charge in [0.2, 0.25) is 0 Å². The first kappa shape index (κ1) is 17.2. The van der Waals surface area contributed by atoms with E-state index in [1.807, 2.05) is 6.07 Å². The zero-order chi connectivity index (χ0) is 16.9. The van der Waals surface area contributed by atoms with Crippen molar-refractivity contribution in [2.75, 3.05) is 13.1 Å². The average molecular weight is 325 g/mol. The molecule has 3 N–H and O–H groups in total. The molecule has 4 nitrogen and oxygen atoms in total. The molecule has 1 saturated heterocycles. The van der Waals surface area contributed by atoms with Crippen LogP contribution in [0, 0.1) is 0 Å². The monoisotopic (exact) mass is 325 g/mol. The molecular formula is C16H18F3N3O. The molecule has 0 aromatic heterocycles. The molecule has 1 aromatic rings. The molecule has 0 unspecified atom stereocenters. The van der Waals surface area contributed by atoms with Gasteiger partial charge in [0.05, 0.1) is 5.69 Å². The van der Waals surface area contributed by atoms with E-state index in [2.05, 4.69) is 10.3 Å². The van der Waals surface area contributed by atoms with Crippen molar-refractivity contribution in [1.29, 1.82) is 0 Å². The van der Waals surface area contributed by atoms with Crippen molar-refractivity contribution >= 4 is 17.7 Å². The van der Waals surface area contributed by atoms with Crippen molar-refractivity contribution in [2.45, 2.75) is 24.9 Å². The maximum absolute atomic E-state index is 12.4. The number of rotatable bonds is 4. The van der Waals surface area contributed by atoms with Gasteiger partial charge in [0.15, 0.2) is 6.29 Å². The molecule has 0 amide bonds. The number of nitrogens with one attached hydrogen (secondary N) is 1. The highest BCUT2D eigenvalue weighted by molar-refractivity contribution is 6.34. The molecule has 0 saturated carbocycles. The van der Waals surface area contributed by atoms with Crippen LogP contribution in [0.4, 0.5) is 18.9 Å². The van der Waals surface area contributed by atoms with Gasteiger partial charge in [-0.05, 0) is 55.6 Å². The van der Waals surface area contributed by atoms with E-state index in [9.17, 15) is 18.0 Å². The molecule has 0 spiro atoms. The van der Waals surface area contributed by atoms with Crippen molar-refractivity contribution in [3.63, 3.8) is 0 Å². The highest BCUT2D eigenvalue weighted by Crippen LogP contribution is 2.28. The second kappa shape index (κ2) is 7.41. The number of nitrogens with zero attached hydrogens (tertiary/aromatic N) is 1. The lowest BCUT2D eigenvalue weighted by Crippen LogP contribution is -2.26. The first-order valence-corrected chi connectivity index (χ1v) is 7.29. The second-order valence-electron chi connectivity index (χ2n) is 5.37. The van der Waals surface area contributed by atoms with Crippen LogP contribution in [0.5, 0.6) is 0 Å². The minimum atomic E-state index is -4.68. The van der Waals surface area contributed by atoms with Gasteiger partial charge < -0.3 is 11.1 Å². The van der Waals surface area contributed by atoms with Gasteiger partial charge in [-0.2, -0.15) is 13.2 Å². The lowest BCUT2D eigenvalue weighted by Gasteiger charge is -2.23. The Bertz CT molecular complexity index is 617. The number of hydrogen-bond acceptors (Lipinski definition) is 4. The van der Waals surface area contributed by atoms with Gasteiger partial charge in [0.1, 0.15) is 11.4 Å². The first-order valence-electron chi connectivity index (χ1n) is 7.29. The highest BCUT2D eigenvalue weighted by Gasteiger charge is 2.31. The number of benzene rings is 1. The van der Waals surface area contributed by atoms with Crippen molar-refractivity contribution in [3.8, 4) is 0 Å². The topological polar surface area (TPSA) is 67.5 Å². The number of halogens is 3. The molecule has 2 rings (SSSR count). The number of aliphatic imine (C=N–C) groups is 1. The Morgan fingerprint density at radius 2 is 2.00 bits per heavy atom. The molecule has 23 heavy (non-hydrogen) atoms. The third-order valence-corrected chi connectivity index (χ3v) is 3.69. The minimum absolute atomic E-state index is 0.260. The number of nitrogens with two attached hydrogens (primary N) is 1. The lowest BCUT2D eigenvalue weighted by atomic mass is 9.90. The largest absolute Gasteiger partial charge is 0.430 e. The Kier molecular flexibility index (Phi) is 5.54. The molecular weight excluding hydrogens is 307 g/mol. The third-order valence-electron chi connectivity index (χ3n) is 3.69. The van der Waals surface area contributed by atoms with Crippen LogP contribution >= 0.6 is 0 Å². The zero-order valence-electron chi connectivity index (χ0n) is 12.4. The van der Waals surface area contributed by atoms with Crippen LogP contribution in [-0.4, -0.2) is 31.3 Å². The van der Waals surface area contributed by atoms with Crippen LogP contribution in [-0.2, 0) is 4.79 Å². The van der Waals surface area contributed by atoms with Crippen LogP contribution in [0.15, 0.2) is 41.0 Å². The van der Waals surface area contributed by atoms with Gasteiger partial charge in [-0.3, -0.25) is 4.79 Å². The lowest BCUT2D eigenvalue weighted by molar-refractivity contribution is -0.102. The van der Waals surface area contributed by atoms with Gasteiger partial charge in [0, 0.05) is 0 Å². The molecule has 124 valence electrons. The fourth-order valence-corrected chi connectivity index (χ4v) is 2.49. The van der Waals surface area contributed by atoms with Crippen molar-refractivity contribution < 1.29 is 18.0 Å². The van der Waals surface area contributed by atoms with Crippen molar-refractivity contribution in [3.05, 3.63) is 41.6 Å². The third kappa shape index (κ3) is 4.92. The van der Waals surface area contributed by atoms with Crippen LogP contribution < -0.4 is 11.1 Å². The number of alkyl halides is 3. The Balaban J connectivity index is 2.24. The first-order chi connectivity index (χ1) is 10.9. The number of carbonyl (C=O) groups is 1. The van der Waals surface area contributed by atoms with E-state index in [0.29, 0.717) is 17.7 Å². The maximum Gasteiger partial charge on any atom is 0.430 e. The summed E-state index contributed by atoms with van der Waals surface area (Å²) >= 11 is 0. The molecule has 1 fully saturated rings. The van der Waals surface area contributed by atoms with Crippen molar-refractivity contribution in [1.82, 2.24) is 5.32 Å². The standard InChI is InChI=1S/C16H18F3N3O/c17-16(18,19)15(20)9-14(10-23)22-13-3-1-2-12(8-13)11-4-6-21-7-5-11/h1-3,8-11,21H,4-7,20H2/b15-9-,22-14?. The van der Waals surface area contributed by atoms with Crippen LogP contribution in [0.1, 0.15) is 24.3 Å². The van der Waals surface area contributed by atoms with Gasteiger partial charge in [0.25, 0.3) is 0 Å². The number of carbonyl (C=O) groups excluding carboxylic acids is 1. The summed E-state index contributed by atoms with van der Waals surface area (Å²) in [7, 11) is 0. The fourth-order valence-electron chi connectivity index (χ4n) is 2.49. The van der Waals surface area contributed by atoms with Crippen LogP contribution in [0.3, 0.4) is 0 Å². The van der Waals surface area contributed by atoms with Gasteiger partial charge in [-0.25, -0.2) is 4.99 Å². The van der Waals surface area contributed by atoms with E-state index in [4.69, 9.17) is 5.73 Å². The number of aldehydes is 1. The summed E-state index contributed by atoms with van der Waals surface area (Å²) in [5.41, 5.74) is 4.72. The highest BCUT2D eigenvalue weighted by atomic mass is 19.4. The Labute approximate surface area is 132 Å². The summed E-state index contributed by atoms with van der Waals surface area (Å²) in [5, 5.41) is 3.27. The molecule has 1 aliphatic heterocycles. The molecule has 1 aliphatic rings. The summed E-state index contributed by atoms with van der Waals surface area (Å²) in [6, 6.07) is 7.20. The summed E-state index contributed by atoms with van der Waals surface area (Å²) in [6.07, 6.45) is -1.88. The van der Waals surface area contributed by atoms with E-state index in [1.165, 1.54) is 0 Å². The molecule has 7 heteroatoms. The Hall–Kier alpha value is -2.15. The molecule has 0 bridgehead atoms. The van der Waals surface area contributed by atoms with Gasteiger partial charge in [-0.15, -0.1) is 0 Å². The SMILES string of the molecule is N/C(=C\C(C=O)=Nc1cccc(C2CCNCC2)c1)C(F)(F)F. The van der Waals surface area contributed by atoms with Gasteiger partial charge >= 0.3 is 6.18 Å². The predicted molar refractivity (Wildman–Crippen MR) is 82.8 cm³/mol. The Morgan fingerprint density at radius 3 is 2.61 bits per heavy atom. The number of allylic oxidation sites excluding steroid dienone is 2. The average Bonchev–Trinajstić information content (AvgIpc) is 2.54. The molecule has 0 radical (unpaired) electrons. The van der Waals surface area contributed by atoms with Crippen molar-refractivity contribution in [2.24, 2.45) is 10.7 Å². The zero-order valence-corrected chi connectivity index (χ0v) is 12.4. The molecule has 0 aliphatic carbocycles. The Morgan fingerprint density at radius 1 is 1.30 bits per heavy atom. The van der Waals surface area contributed by atoms with Crippen LogP contribution in [0.2, 0.25) is 0 Å². The van der Waals surface area contributed by atoms with E-state index in [0.717, 1.165) is 31.5 Å². The minimum Gasteiger partial charge on any atom is -0.395 e. The normalized spacial score (nSPS) is 18.0. The smallest absolute Gasteiger partial charge is 0.395 e. The second-order valence-corrected chi connectivity index (χ2v) is 5.37. The van der Waals surface area contributed by atoms with E-state index >= 15 is 0 Å². The maximum atomic E-state index is 12.4. The number of piperidine rings is 1. The predicted octanol–water partition coefficient (Wildman–Crippen LogP) is 2.83. The molecule has 1 aromatic carbocycles. The summed E-state index contributed by atoms with van der Waals surface area (Å²) in [6.45, 7) is 1.87. The fraction of sp³-hybridized carbons (Fsp3) is 0.375.